The van der Waals surface area contributed by atoms with E-state index < -0.39 is 17.8 Å². The van der Waals surface area contributed by atoms with Crippen LogP contribution in [0.15, 0.2) is 21.2 Å². The van der Waals surface area contributed by atoms with E-state index in [-0.39, 0.29) is 16.5 Å². The molecule has 0 unspecified atom stereocenters. The summed E-state index contributed by atoms with van der Waals surface area (Å²) in [6.07, 6.45) is 1.95. The first-order valence-electron chi connectivity index (χ1n) is 4.63. The van der Waals surface area contributed by atoms with Crippen LogP contribution >= 0.6 is 11.8 Å². The number of nitrogens with one attached hydrogen (secondary N) is 1. The maximum Gasteiger partial charge on any atom is 0.329 e. The van der Waals surface area contributed by atoms with Gasteiger partial charge in [0, 0.05) is 12.3 Å². The number of amidine groups is 1. The number of carbonyl (C=O) groups is 3. The monoisotopic (exact) mass is 271 g/mol. The summed E-state index contributed by atoms with van der Waals surface area (Å²) in [4.78, 5) is 32.4. The molecule has 2 N–H and O–H groups in total. The molecule has 1 heterocycles. The lowest BCUT2D eigenvalue weighted by Gasteiger charge is -1.90. The van der Waals surface area contributed by atoms with E-state index in [9.17, 15) is 14.4 Å². The first-order chi connectivity index (χ1) is 8.52. The van der Waals surface area contributed by atoms with Crippen LogP contribution in [0.25, 0.3) is 0 Å². The van der Waals surface area contributed by atoms with Crippen molar-refractivity contribution in [1.29, 1.82) is 0 Å². The van der Waals surface area contributed by atoms with Crippen LogP contribution in [0.3, 0.4) is 0 Å². The van der Waals surface area contributed by atoms with Crippen LogP contribution in [0.2, 0.25) is 0 Å². The lowest BCUT2D eigenvalue weighted by atomic mass is 10.5. The predicted molar refractivity (Wildman–Crippen MR) is 64.0 cm³/mol. The fraction of sp³-hybridized carbons (Fsp3) is 0.222. The molecule has 0 radical (unpaired) electrons. The molecule has 96 valence electrons. The van der Waals surface area contributed by atoms with Crippen molar-refractivity contribution < 1.29 is 24.2 Å². The molecule has 9 heteroatoms. The summed E-state index contributed by atoms with van der Waals surface area (Å²) in [5, 5.41) is 18.1. The van der Waals surface area contributed by atoms with E-state index in [0.717, 1.165) is 17.8 Å². The zero-order valence-electron chi connectivity index (χ0n) is 9.24. The molecule has 1 aliphatic heterocycles. The molecule has 0 atom stereocenters. The first-order valence-corrected chi connectivity index (χ1v) is 5.44. The van der Waals surface area contributed by atoms with Crippen LogP contribution in [0.4, 0.5) is 0 Å². The van der Waals surface area contributed by atoms with Gasteiger partial charge in [-0.3, -0.25) is 14.9 Å². The minimum Gasteiger partial charge on any atom is -0.478 e. The molecule has 18 heavy (non-hydrogen) atoms. The number of hydrogen-bond donors (Lipinski definition) is 2. The second-order valence-electron chi connectivity index (χ2n) is 2.89. The van der Waals surface area contributed by atoms with Crippen molar-refractivity contribution >= 4 is 41.0 Å². The van der Waals surface area contributed by atoms with Crippen LogP contribution in [0, 0.1) is 0 Å². The van der Waals surface area contributed by atoms with Crippen LogP contribution in [0.5, 0.6) is 0 Å². The molecule has 0 aliphatic carbocycles. The molecular formula is C9H9N3O5S. The molecule has 1 fully saturated rings. The normalized spacial score (nSPS) is 19.5. The Balaban J connectivity index is 2.58. The summed E-state index contributed by atoms with van der Waals surface area (Å²) in [6.45, 7) is 0. The summed E-state index contributed by atoms with van der Waals surface area (Å²) in [5.41, 5.74) is 0. The first kappa shape index (κ1) is 13.9. The zero-order valence-corrected chi connectivity index (χ0v) is 10.1. The Labute approximate surface area is 106 Å². The number of esters is 1. The van der Waals surface area contributed by atoms with E-state index in [2.05, 4.69) is 20.3 Å². The van der Waals surface area contributed by atoms with Crippen molar-refractivity contribution in [3.8, 4) is 0 Å². The highest BCUT2D eigenvalue weighted by atomic mass is 32.2. The Morgan fingerprint density at radius 2 is 2.28 bits per heavy atom. The SMILES string of the molecule is COC(=O)C/C=N\N=C1NC(=O)/C(=C/C(=O)O)S1. The number of methoxy groups -OCH3 is 1. The van der Waals surface area contributed by atoms with E-state index >= 15 is 0 Å². The van der Waals surface area contributed by atoms with Gasteiger partial charge >= 0.3 is 11.9 Å². The van der Waals surface area contributed by atoms with Gasteiger partial charge in [0.1, 0.15) is 0 Å². The number of hydrogen-bond acceptors (Lipinski definition) is 7. The third-order valence-electron chi connectivity index (χ3n) is 1.62. The molecule has 1 aliphatic rings. The van der Waals surface area contributed by atoms with Gasteiger partial charge in [-0.1, -0.05) is 0 Å². The Morgan fingerprint density at radius 3 is 2.89 bits per heavy atom. The number of ether oxygens (including phenoxy) is 1. The van der Waals surface area contributed by atoms with E-state index in [1.54, 1.807) is 0 Å². The standard InChI is InChI=1S/C9H9N3O5S/c1-17-7(15)2-3-10-12-9-11-8(16)5(18-9)4-6(13)14/h3-4H,2H2,1H3,(H,13,14)(H,11,12,16)/b5-4-,10-3-. The Hall–Kier alpha value is -2.16. The van der Waals surface area contributed by atoms with Gasteiger partial charge in [-0.15, -0.1) is 5.10 Å². The van der Waals surface area contributed by atoms with Gasteiger partial charge in [-0.05, 0) is 11.8 Å². The topological polar surface area (TPSA) is 117 Å². The number of carboxylic acid groups (broad SMARTS) is 1. The lowest BCUT2D eigenvalue weighted by molar-refractivity contribution is -0.139. The van der Waals surface area contributed by atoms with E-state index in [1.807, 2.05) is 0 Å². The van der Waals surface area contributed by atoms with Gasteiger partial charge in [-0.2, -0.15) is 5.10 Å². The molecule has 1 amide bonds. The fourth-order valence-corrected chi connectivity index (χ4v) is 1.62. The van der Waals surface area contributed by atoms with Crippen molar-refractivity contribution in [2.45, 2.75) is 6.42 Å². The largest absolute Gasteiger partial charge is 0.478 e. The van der Waals surface area contributed by atoms with Gasteiger partial charge in [0.25, 0.3) is 5.91 Å². The van der Waals surface area contributed by atoms with Gasteiger partial charge in [-0.25, -0.2) is 4.79 Å². The highest BCUT2D eigenvalue weighted by Gasteiger charge is 2.24. The quantitative estimate of drug-likeness (QED) is 0.314. The Morgan fingerprint density at radius 1 is 1.56 bits per heavy atom. The molecule has 0 spiro atoms. The minimum atomic E-state index is -1.22. The third-order valence-corrected chi connectivity index (χ3v) is 2.52. The van der Waals surface area contributed by atoms with E-state index in [4.69, 9.17) is 5.11 Å². The second-order valence-corrected chi connectivity index (χ2v) is 3.92. The molecule has 1 saturated heterocycles. The second kappa shape index (κ2) is 6.55. The number of aliphatic carboxylic acids is 1. The number of rotatable bonds is 4. The van der Waals surface area contributed by atoms with Gasteiger partial charge in [0.05, 0.1) is 18.4 Å². The average molecular weight is 271 g/mol. The highest BCUT2D eigenvalue weighted by Crippen LogP contribution is 2.23. The van der Waals surface area contributed by atoms with Crippen molar-refractivity contribution in [3.05, 3.63) is 11.0 Å². The number of carboxylic acids is 1. The van der Waals surface area contributed by atoms with Crippen molar-refractivity contribution in [2.24, 2.45) is 10.2 Å². The van der Waals surface area contributed by atoms with Gasteiger partial charge < -0.3 is 9.84 Å². The molecule has 0 aromatic rings. The number of amides is 1. The zero-order chi connectivity index (χ0) is 13.5. The van der Waals surface area contributed by atoms with Crippen molar-refractivity contribution in [2.75, 3.05) is 7.11 Å². The predicted octanol–water partition coefficient (Wildman–Crippen LogP) is -0.277. The smallest absolute Gasteiger partial charge is 0.329 e. The lowest BCUT2D eigenvalue weighted by Crippen LogP contribution is -2.19. The Kier molecular flexibility index (Phi) is 5.06. The van der Waals surface area contributed by atoms with Crippen LogP contribution in [0.1, 0.15) is 6.42 Å². The summed E-state index contributed by atoms with van der Waals surface area (Å²) >= 11 is 0.851. The van der Waals surface area contributed by atoms with E-state index in [0.29, 0.717) is 0 Å². The Bertz CT molecular complexity index is 469. The summed E-state index contributed by atoms with van der Waals surface area (Å²) in [5.74, 6) is -2.24. The molecule has 1 rings (SSSR count). The summed E-state index contributed by atoms with van der Waals surface area (Å²) in [7, 11) is 1.25. The van der Waals surface area contributed by atoms with Crippen LogP contribution in [-0.4, -0.2) is 41.4 Å². The average Bonchev–Trinajstić information content (AvgIpc) is 2.64. The minimum absolute atomic E-state index is 0.0180. The maximum absolute atomic E-state index is 11.2. The number of carbonyl (C=O) groups excluding carboxylic acids is 2. The number of thioether (sulfide) groups is 1. The molecule has 0 aromatic carbocycles. The van der Waals surface area contributed by atoms with Gasteiger partial charge in [0.15, 0.2) is 5.17 Å². The van der Waals surface area contributed by atoms with Crippen molar-refractivity contribution in [3.63, 3.8) is 0 Å². The molecule has 0 bridgehead atoms. The molecule has 0 saturated carbocycles. The fourth-order valence-electron chi connectivity index (χ4n) is 0.879. The van der Waals surface area contributed by atoms with E-state index in [1.165, 1.54) is 13.3 Å². The third kappa shape index (κ3) is 4.37. The summed E-state index contributed by atoms with van der Waals surface area (Å²) in [6, 6.07) is 0. The van der Waals surface area contributed by atoms with Crippen LogP contribution in [-0.2, 0) is 19.1 Å². The number of nitrogens with zero attached hydrogens (tertiary/aromatic N) is 2. The molecular weight excluding hydrogens is 262 g/mol. The van der Waals surface area contributed by atoms with Crippen molar-refractivity contribution in [1.82, 2.24) is 5.32 Å². The van der Waals surface area contributed by atoms with Crippen LogP contribution < -0.4 is 5.32 Å². The molecule has 0 aromatic heterocycles. The maximum atomic E-state index is 11.2. The highest BCUT2D eigenvalue weighted by molar-refractivity contribution is 8.18. The summed E-state index contributed by atoms with van der Waals surface area (Å²) < 4.78 is 4.37. The van der Waals surface area contributed by atoms with Gasteiger partial charge in [0.2, 0.25) is 0 Å². The molecule has 8 nitrogen and oxygen atoms in total.